The van der Waals surface area contributed by atoms with E-state index in [4.69, 9.17) is 4.74 Å². The van der Waals surface area contributed by atoms with Crippen LogP contribution in [0.4, 0.5) is 0 Å². The van der Waals surface area contributed by atoms with E-state index in [1.807, 2.05) is 45.7 Å². The van der Waals surface area contributed by atoms with Gasteiger partial charge in [0.2, 0.25) is 0 Å². The summed E-state index contributed by atoms with van der Waals surface area (Å²) in [7, 11) is 1.67. The van der Waals surface area contributed by atoms with Crippen LogP contribution in [0.2, 0.25) is 0 Å². The fraction of sp³-hybridized carbons (Fsp3) is 0.111. The van der Waals surface area contributed by atoms with Gasteiger partial charge in [-0.05, 0) is 0 Å². The Balaban J connectivity index is 2.82. The van der Waals surface area contributed by atoms with Crippen LogP contribution in [0.25, 0.3) is 6.08 Å². The molecule has 0 N–H and O–H groups in total. The van der Waals surface area contributed by atoms with Gasteiger partial charge in [-0.3, -0.25) is 0 Å². The molecule has 0 bridgehead atoms. The molecule has 0 saturated heterocycles. The van der Waals surface area contributed by atoms with E-state index in [1.54, 1.807) is 7.11 Å². The molecular formula is C9H9GeO. The molecule has 3 radical (unpaired) electrons. The molecule has 0 amide bonds. The molecule has 1 nitrogen and oxygen atoms in total. The molecule has 1 aromatic carbocycles. The molecule has 0 aliphatic heterocycles. The van der Waals surface area contributed by atoms with E-state index in [2.05, 4.69) is 6.08 Å². The van der Waals surface area contributed by atoms with Gasteiger partial charge >= 0.3 is 74.9 Å². The first-order chi connectivity index (χ1) is 5.36. The van der Waals surface area contributed by atoms with Crippen molar-refractivity contribution in [3.8, 4) is 5.75 Å². The molecule has 11 heavy (non-hydrogen) atoms. The van der Waals surface area contributed by atoms with Crippen molar-refractivity contribution in [3.63, 3.8) is 0 Å². The van der Waals surface area contributed by atoms with Gasteiger partial charge in [-0.2, -0.15) is 0 Å². The Kier molecular flexibility index (Phi) is 3.24. The van der Waals surface area contributed by atoms with E-state index >= 15 is 0 Å². The van der Waals surface area contributed by atoms with Gasteiger partial charge in [0.05, 0.1) is 0 Å². The molecule has 0 unspecified atom stereocenters. The van der Waals surface area contributed by atoms with Crippen LogP contribution in [0.5, 0.6) is 5.75 Å². The third-order valence-corrected chi connectivity index (χ3v) is 1.74. The zero-order valence-corrected chi connectivity index (χ0v) is 8.47. The second-order valence-corrected chi connectivity index (χ2v) is 2.81. The van der Waals surface area contributed by atoms with Crippen LogP contribution >= 0.6 is 0 Å². The average Bonchev–Trinajstić information content (AvgIpc) is 2.07. The van der Waals surface area contributed by atoms with E-state index in [1.165, 1.54) is 5.56 Å². The maximum absolute atomic E-state index is 5.02. The SMILES string of the molecule is COc1ccc(/C=[CH]/[Ge])cc1. The molecule has 55 valence electrons. The van der Waals surface area contributed by atoms with Crippen LogP contribution in [-0.2, 0) is 0 Å². The second kappa shape index (κ2) is 4.24. The van der Waals surface area contributed by atoms with Crippen LogP contribution in [0.3, 0.4) is 0 Å². The van der Waals surface area contributed by atoms with Gasteiger partial charge in [0, 0.05) is 0 Å². The van der Waals surface area contributed by atoms with Crippen molar-refractivity contribution in [2.24, 2.45) is 0 Å². The van der Waals surface area contributed by atoms with Crippen LogP contribution in [-0.4, -0.2) is 23.6 Å². The quantitative estimate of drug-likeness (QED) is 0.670. The van der Waals surface area contributed by atoms with E-state index in [0.717, 1.165) is 5.75 Å². The van der Waals surface area contributed by atoms with Crippen molar-refractivity contribution >= 4 is 22.6 Å². The van der Waals surface area contributed by atoms with E-state index in [9.17, 15) is 0 Å². The Morgan fingerprint density at radius 1 is 1.27 bits per heavy atom. The molecule has 0 aromatic heterocycles. The number of hydrogen-bond donors (Lipinski definition) is 0. The summed E-state index contributed by atoms with van der Waals surface area (Å²) in [5.41, 5.74) is 1.20. The van der Waals surface area contributed by atoms with E-state index in [0.29, 0.717) is 0 Å². The third-order valence-electron chi connectivity index (χ3n) is 1.39. The minimum absolute atomic E-state index is 0.901. The average molecular weight is 206 g/mol. The Hall–Kier alpha value is -0.697. The fourth-order valence-electron chi connectivity index (χ4n) is 0.811. The predicted octanol–water partition coefficient (Wildman–Crippen LogP) is 1.83. The molecule has 1 rings (SSSR count). The second-order valence-electron chi connectivity index (χ2n) is 2.11. The number of methoxy groups -OCH3 is 1. The molecule has 0 spiro atoms. The predicted molar refractivity (Wildman–Crippen MR) is 47.8 cm³/mol. The summed E-state index contributed by atoms with van der Waals surface area (Å²) < 4.78 is 5.02. The minimum atomic E-state index is 0.901. The standard InChI is InChI=1S/C9H9GeO/c1-11-9-4-2-8(3-5-9)6-7-10/h2-7H,1H3/b7-6+. The van der Waals surface area contributed by atoms with Gasteiger partial charge in [-0.1, -0.05) is 0 Å². The van der Waals surface area contributed by atoms with Crippen LogP contribution in [0.15, 0.2) is 29.2 Å². The maximum atomic E-state index is 5.02. The van der Waals surface area contributed by atoms with Crippen molar-refractivity contribution in [3.05, 3.63) is 34.7 Å². The van der Waals surface area contributed by atoms with Gasteiger partial charge < -0.3 is 0 Å². The van der Waals surface area contributed by atoms with Gasteiger partial charge in [-0.15, -0.1) is 0 Å². The molecular weight excluding hydrogens is 197 g/mol. The summed E-state index contributed by atoms with van der Waals surface area (Å²) in [4.78, 5) is 2.02. The topological polar surface area (TPSA) is 9.23 Å². The van der Waals surface area contributed by atoms with Crippen molar-refractivity contribution in [2.75, 3.05) is 7.11 Å². The monoisotopic (exact) mass is 207 g/mol. The Labute approximate surface area is 75.3 Å². The summed E-state index contributed by atoms with van der Waals surface area (Å²) >= 11 is 2.00. The van der Waals surface area contributed by atoms with Crippen LogP contribution < -0.4 is 4.74 Å². The first-order valence-corrected chi connectivity index (χ1v) is 4.56. The molecule has 0 aliphatic rings. The first kappa shape index (κ1) is 8.40. The van der Waals surface area contributed by atoms with Crippen molar-refractivity contribution < 1.29 is 4.74 Å². The number of benzene rings is 1. The molecule has 0 saturated carbocycles. The van der Waals surface area contributed by atoms with Crippen LogP contribution in [0.1, 0.15) is 5.56 Å². The summed E-state index contributed by atoms with van der Waals surface area (Å²) in [5.74, 6) is 0.901. The molecule has 0 atom stereocenters. The van der Waals surface area contributed by atoms with Crippen LogP contribution in [0, 0.1) is 0 Å². The zero-order chi connectivity index (χ0) is 8.10. The first-order valence-electron chi connectivity index (χ1n) is 3.34. The Bertz CT molecular complexity index is 238. The molecule has 0 aliphatic carbocycles. The van der Waals surface area contributed by atoms with Gasteiger partial charge in [-0.25, -0.2) is 0 Å². The summed E-state index contributed by atoms with van der Waals surface area (Å²) in [5, 5.41) is 0. The summed E-state index contributed by atoms with van der Waals surface area (Å²) in [6.07, 6.45) is 2.06. The van der Waals surface area contributed by atoms with Crippen molar-refractivity contribution in [1.82, 2.24) is 0 Å². The molecule has 0 fully saturated rings. The normalized spacial score (nSPS) is 10.4. The summed E-state index contributed by atoms with van der Waals surface area (Å²) in [6, 6.07) is 7.96. The molecule has 1 aromatic rings. The zero-order valence-electron chi connectivity index (χ0n) is 6.37. The van der Waals surface area contributed by atoms with Crippen molar-refractivity contribution in [1.29, 1.82) is 0 Å². The fourth-order valence-corrected chi connectivity index (χ4v) is 1.22. The number of ether oxygens (including phenoxy) is 1. The van der Waals surface area contributed by atoms with Crippen molar-refractivity contribution in [2.45, 2.75) is 0 Å². The third kappa shape index (κ3) is 2.43. The Morgan fingerprint density at radius 2 is 1.91 bits per heavy atom. The van der Waals surface area contributed by atoms with E-state index < -0.39 is 0 Å². The van der Waals surface area contributed by atoms with E-state index in [-0.39, 0.29) is 0 Å². The van der Waals surface area contributed by atoms with Gasteiger partial charge in [0.25, 0.3) is 0 Å². The molecule has 0 heterocycles. The number of rotatable bonds is 2. The van der Waals surface area contributed by atoms with Gasteiger partial charge in [0.1, 0.15) is 0 Å². The van der Waals surface area contributed by atoms with Gasteiger partial charge in [0.15, 0.2) is 0 Å². The summed E-state index contributed by atoms with van der Waals surface area (Å²) in [6.45, 7) is 0. The number of hydrogen-bond acceptors (Lipinski definition) is 1. The molecule has 2 heteroatoms. The Morgan fingerprint density at radius 3 is 2.36 bits per heavy atom.